The minimum atomic E-state index is -1.02. The average Bonchev–Trinajstić information content (AvgIpc) is 3.30. The molecule has 4 fully saturated rings. The molecule has 4 aromatic rings. The number of ether oxygens (including phenoxy) is 10. The molecule has 8 rings (SSSR count). The van der Waals surface area contributed by atoms with Crippen LogP contribution in [-0.4, -0.2) is 91.5 Å². The van der Waals surface area contributed by atoms with E-state index in [0.29, 0.717) is 26.4 Å². The Morgan fingerprint density at radius 1 is 0.581 bits per heavy atom. The number of fused-ring (bicyclic) bond motifs is 2. The van der Waals surface area contributed by atoms with Gasteiger partial charge in [-0.3, -0.25) is 4.79 Å². The first kappa shape index (κ1) is 45.6. The number of carboxylic acid groups (broad SMARTS) is 1. The quantitative estimate of drug-likeness (QED) is 0.133. The summed E-state index contributed by atoms with van der Waals surface area (Å²) in [5, 5.41) is 9.39. The van der Waals surface area contributed by atoms with Crippen molar-refractivity contribution in [3.05, 3.63) is 144 Å². The Kier molecular flexibility index (Phi) is 16.1. The van der Waals surface area contributed by atoms with Gasteiger partial charge < -0.3 is 52.5 Å². The molecule has 4 aliphatic rings. The van der Waals surface area contributed by atoms with E-state index in [-0.39, 0.29) is 35.9 Å². The van der Waals surface area contributed by atoms with Gasteiger partial charge in [0, 0.05) is 23.0 Å². The number of carbonyl (C=O) groups is 2. The first-order valence-electron chi connectivity index (χ1n) is 21.4. The molecular formula is C49H58O13. The van der Waals surface area contributed by atoms with Gasteiger partial charge in [-0.1, -0.05) is 135 Å². The van der Waals surface area contributed by atoms with Gasteiger partial charge in [-0.25, -0.2) is 4.79 Å². The summed E-state index contributed by atoms with van der Waals surface area (Å²) in [7, 11) is 0. The number of hydrogen-bond donors (Lipinski definition) is 1. The lowest BCUT2D eigenvalue weighted by atomic mass is 9.91. The molecule has 13 heteroatoms. The number of hydrogen-bond acceptors (Lipinski definition) is 12. The van der Waals surface area contributed by atoms with Crippen LogP contribution in [0.4, 0.5) is 0 Å². The van der Waals surface area contributed by atoms with E-state index in [2.05, 4.69) is 0 Å². The zero-order valence-electron chi connectivity index (χ0n) is 35.8. The van der Waals surface area contributed by atoms with Crippen molar-refractivity contribution in [1.82, 2.24) is 0 Å². The SMILES string of the molecule is CC(=O)[C@@H](C)OC1[C@@H]2OC(c3ccccc3)OCC2O[C@@H](OCc2ccccc2)[C@H]1C.C[C@@H](OC1[C@@H]2OC(c3ccccc3)OCC2O[C@@H](OCc2ccccc2)[C@H]1C)C(=O)O. The molecule has 0 bridgehead atoms. The molecule has 0 saturated carbocycles. The third-order valence-corrected chi connectivity index (χ3v) is 11.6. The third-order valence-electron chi connectivity index (χ3n) is 11.6. The van der Waals surface area contributed by atoms with E-state index in [1.165, 1.54) is 13.8 Å². The molecule has 62 heavy (non-hydrogen) atoms. The van der Waals surface area contributed by atoms with Crippen molar-refractivity contribution in [3.63, 3.8) is 0 Å². The molecule has 4 heterocycles. The van der Waals surface area contributed by atoms with Gasteiger partial charge in [0.05, 0.1) is 38.6 Å². The summed E-state index contributed by atoms with van der Waals surface area (Å²) in [6.07, 6.45) is -6.17. The Morgan fingerprint density at radius 3 is 1.32 bits per heavy atom. The van der Waals surface area contributed by atoms with Gasteiger partial charge in [-0.05, 0) is 31.9 Å². The Morgan fingerprint density at radius 2 is 0.952 bits per heavy atom. The summed E-state index contributed by atoms with van der Waals surface area (Å²) in [5.74, 6) is -1.44. The molecular weight excluding hydrogens is 797 g/mol. The number of benzene rings is 4. The topological polar surface area (TPSA) is 147 Å². The highest BCUT2D eigenvalue weighted by molar-refractivity contribution is 5.79. The molecule has 4 saturated heterocycles. The summed E-state index contributed by atoms with van der Waals surface area (Å²) < 4.78 is 61.2. The molecule has 1 N–H and O–H groups in total. The molecule has 332 valence electrons. The minimum absolute atomic E-state index is 0.0244. The predicted molar refractivity (Wildman–Crippen MR) is 225 cm³/mol. The van der Waals surface area contributed by atoms with Crippen LogP contribution >= 0.6 is 0 Å². The number of Topliss-reactive ketones (excluding diaryl/α,β-unsaturated/α-hetero) is 1. The van der Waals surface area contributed by atoms with E-state index in [9.17, 15) is 14.7 Å². The number of carboxylic acids is 1. The second kappa shape index (κ2) is 21.8. The van der Waals surface area contributed by atoms with Gasteiger partial charge in [-0.2, -0.15) is 0 Å². The Hall–Kier alpha value is -4.38. The molecule has 4 aliphatic heterocycles. The second-order valence-corrected chi connectivity index (χ2v) is 16.2. The maximum absolute atomic E-state index is 11.9. The smallest absolute Gasteiger partial charge is 0.332 e. The van der Waals surface area contributed by atoms with E-state index in [4.69, 9.17) is 47.4 Å². The van der Waals surface area contributed by atoms with E-state index in [1.807, 2.05) is 135 Å². The van der Waals surface area contributed by atoms with Crippen molar-refractivity contribution in [1.29, 1.82) is 0 Å². The first-order chi connectivity index (χ1) is 30.0. The molecule has 14 atom stereocenters. The van der Waals surface area contributed by atoms with Crippen LogP contribution in [0.5, 0.6) is 0 Å². The van der Waals surface area contributed by atoms with Crippen LogP contribution in [0.1, 0.15) is 69.5 Å². The fourth-order valence-corrected chi connectivity index (χ4v) is 7.89. The van der Waals surface area contributed by atoms with Gasteiger partial charge in [0.25, 0.3) is 0 Å². The lowest BCUT2D eigenvalue weighted by Gasteiger charge is -2.49. The van der Waals surface area contributed by atoms with Crippen LogP contribution in [-0.2, 0) is 70.2 Å². The number of carbonyl (C=O) groups excluding carboxylic acids is 1. The maximum atomic E-state index is 11.9. The molecule has 0 spiro atoms. The zero-order valence-corrected chi connectivity index (χ0v) is 35.8. The van der Waals surface area contributed by atoms with Crippen LogP contribution in [0.3, 0.4) is 0 Å². The van der Waals surface area contributed by atoms with E-state index < -0.39 is 61.6 Å². The second-order valence-electron chi connectivity index (χ2n) is 16.2. The molecule has 4 aromatic carbocycles. The van der Waals surface area contributed by atoms with Gasteiger partial charge in [0.15, 0.2) is 37.0 Å². The summed E-state index contributed by atoms with van der Waals surface area (Å²) >= 11 is 0. The largest absolute Gasteiger partial charge is 0.479 e. The fourth-order valence-electron chi connectivity index (χ4n) is 7.89. The molecule has 0 amide bonds. The van der Waals surface area contributed by atoms with Crippen molar-refractivity contribution in [2.24, 2.45) is 11.8 Å². The monoisotopic (exact) mass is 854 g/mol. The van der Waals surface area contributed by atoms with Crippen molar-refractivity contribution < 1.29 is 62.1 Å². The summed E-state index contributed by atoms with van der Waals surface area (Å²) in [6.45, 7) is 10.2. The van der Waals surface area contributed by atoms with Crippen molar-refractivity contribution >= 4 is 11.8 Å². The molecule has 0 radical (unpaired) electrons. The van der Waals surface area contributed by atoms with Gasteiger partial charge >= 0.3 is 5.97 Å². The van der Waals surface area contributed by atoms with Crippen molar-refractivity contribution in [3.8, 4) is 0 Å². The summed E-state index contributed by atoms with van der Waals surface area (Å²) in [5.41, 5.74) is 3.92. The lowest BCUT2D eigenvalue weighted by Crippen LogP contribution is -2.60. The Balaban J connectivity index is 0.000000186. The van der Waals surface area contributed by atoms with Gasteiger partial charge in [-0.15, -0.1) is 0 Å². The van der Waals surface area contributed by atoms with Crippen LogP contribution in [0.2, 0.25) is 0 Å². The van der Waals surface area contributed by atoms with Crippen molar-refractivity contribution in [2.75, 3.05) is 13.2 Å². The highest BCUT2D eigenvalue weighted by atomic mass is 16.8. The highest BCUT2D eigenvalue weighted by Gasteiger charge is 2.51. The first-order valence-corrected chi connectivity index (χ1v) is 21.4. The minimum Gasteiger partial charge on any atom is -0.479 e. The molecule has 6 unspecified atom stereocenters. The summed E-state index contributed by atoms with van der Waals surface area (Å²) in [6, 6.07) is 39.2. The van der Waals surface area contributed by atoms with Crippen molar-refractivity contribution in [2.45, 2.75) is 122 Å². The average molecular weight is 855 g/mol. The summed E-state index contributed by atoms with van der Waals surface area (Å²) in [4.78, 5) is 23.4. The maximum Gasteiger partial charge on any atom is 0.332 e. The third kappa shape index (κ3) is 11.6. The molecule has 0 aliphatic carbocycles. The van der Waals surface area contributed by atoms with Crippen LogP contribution in [0, 0.1) is 11.8 Å². The number of ketones is 1. The van der Waals surface area contributed by atoms with E-state index in [0.717, 1.165) is 22.3 Å². The van der Waals surface area contributed by atoms with Gasteiger partial charge in [0.1, 0.15) is 30.5 Å². The number of aliphatic carboxylic acids is 1. The predicted octanol–water partition coefficient (Wildman–Crippen LogP) is 7.58. The Bertz CT molecular complexity index is 1830. The fraction of sp³-hybridized carbons (Fsp3) is 0.469. The van der Waals surface area contributed by atoms with Crippen LogP contribution in [0.15, 0.2) is 121 Å². The van der Waals surface area contributed by atoms with Crippen LogP contribution in [0.25, 0.3) is 0 Å². The normalized spacial score (nSPS) is 31.6. The van der Waals surface area contributed by atoms with E-state index >= 15 is 0 Å². The Labute approximate surface area is 363 Å². The lowest BCUT2D eigenvalue weighted by molar-refractivity contribution is -0.360. The zero-order chi connectivity index (χ0) is 43.6. The number of rotatable bonds is 14. The van der Waals surface area contributed by atoms with Gasteiger partial charge in [0.2, 0.25) is 0 Å². The molecule has 0 aromatic heterocycles. The highest BCUT2D eigenvalue weighted by Crippen LogP contribution is 2.40. The van der Waals surface area contributed by atoms with E-state index in [1.54, 1.807) is 6.92 Å². The standard InChI is InChI=1S/C25H30O6.C24H28O7/c1-16-22(29-18(3)17(2)26)23-21(15-28-25(31-23)20-12-8-5-9-13-20)30-24(16)27-14-19-10-6-4-7-11-19;1-15-20(29-16(2)22(25)26)21-19(14-28-24(31-21)18-11-7-4-8-12-18)30-23(15)27-13-17-9-5-3-6-10-17/h4-13,16,18,21-25H,14-15H2,1-3H3;3-12,15-16,19-21,23-24H,13-14H2,1-2H3,(H,25,26)/t16-,18+,21?,22?,23+,24+,25?;15-,16+,19?,20?,21+,23+,24?/m00/s1. The molecule has 13 nitrogen and oxygen atoms in total. The van der Waals surface area contributed by atoms with Crippen LogP contribution < -0.4 is 0 Å².